The van der Waals surface area contributed by atoms with Crippen LogP contribution in [0.1, 0.15) is 6.42 Å². The highest BCUT2D eigenvalue weighted by molar-refractivity contribution is 7.91. The highest BCUT2D eigenvalue weighted by Crippen LogP contribution is 2.18. The number of sulfonamides is 1. The number of nitrogens with one attached hydrogen (secondary N) is 2. The normalized spacial score (nSPS) is 20.7. The van der Waals surface area contributed by atoms with E-state index in [4.69, 9.17) is 0 Å². The molecule has 11 heteroatoms. The lowest BCUT2D eigenvalue weighted by Gasteiger charge is -2.11. The summed E-state index contributed by atoms with van der Waals surface area (Å²) >= 11 is 0. The average molecular weight is 354 g/mol. The van der Waals surface area contributed by atoms with Crippen LogP contribution in [-0.2, 0) is 24.7 Å². The second-order valence-corrected chi connectivity index (χ2v) is 8.68. The molecule has 0 radical (unpaired) electrons. The third kappa shape index (κ3) is 3.78. The minimum Gasteiger partial charge on any atom is -0.277 e. The highest BCUT2D eigenvalue weighted by Gasteiger charge is 2.33. The van der Waals surface area contributed by atoms with Gasteiger partial charge in [0.1, 0.15) is 0 Å². The van der Waals surface area contributed by atoms with Crippen LogP contribution >= 0.6 is 0 Å². The quantitative estimate of drug-likeness (QED) is 0.722. The van der Waals surface area contributed by atoms with Crippen LogP contribution in [0.5, 0.6) is 0 Å². The third-order valence-electron chi connectivity index (χ3n) is 3.11. The van der Waals surface area contributed by atoms with Gasteiger partial charge in [0.15, 0.2) is 21.5 Å². The van der Waals surface area contributed by atoms with E-state index in [9.17, 15) is 30.4 Å². The molecular weight excluding hydrogens is 342 g/mol. The molecule has 122 valence electrons. The van der Waals surface area contributed by atoms with Gasteiger partial charge in [0.25, 0.3) is 10.0 Å². The Bertz CT molecular complexity index is 808. The van der Waals surface area contributed by atoms with Crippen molar-refractivity contribution in [1.29, 1.82) is 0 Å². The van der Waals surface area contributed by atoms with Crippen LogP contribution in [0.4, 0.5) is 8.78 Å². The molecule has 1 fully saturated rings. The van der Waals surface area contributed by atoms with Gasteiger partial charge >= 0.3 is 0 Å². The largest absolute Gasteiger partial charge is 0.277 e. The maximum absolute atomic E-state index is 13.0. The van der Waals surface area contributed by atoms with Crippen LogP contribution in [-0.4, -0.2) is 34.2 Å². The molecule has 1 aliphatic heterocycles. The number of carbonyl (C=O) groups excluding carboxylic acids is 1. The van der Waals surface area contributed by atoms with Crippen LogP contribution in [0.3, 0.4) is 0 Å². The molecule has 1 aromatic carbocycles. The van der Waals surface area contributed by atoms with Crippen LogP contribution in [0.25, 0.3) is 0 Å². The first kappa shape index (κ1) is 16.8. The number of carbonyl (C=O) groups is 1. The fourth-order valence-electron chi connectivity index (χ4n) is 1.92. The summed E-state index contributed by atoms with van der Waals surface area (Å²) < 4.78 is 71.9. The maximum atomic E-state index is 13.0. The number of hydrazine groups is 1. The van der Waals surface area contributed by atoms with Gasteiger partial charge in [-0.3, -0.25) is 10.2 Å². The molecule has 7 nitrogen and oxygen atoms in total. The van der Waals surface area contributed by atoms with Crippen molar-refractivity contribution >= 4 is 25.8 Å². The molecule has 0 unspecified atom stereocenters. The summed E-state index contributed by atoms with van der Waals surface area (Å²) in [5.74, 6) is -4.70. The van der Waals surface area contributed by atoms with E-state index in [0.717, 1.165) is 6.07 Å². The Morgan fingerprint density at radius 3 is 2.45 bits per heavy atom. The zero-order valence-corrected chi connectivity index (χ0v) is 12.7. The molecule has 0 aliphatic carbocycles. The monoisotopic (exact) mass is 354 g/mol. The molecule has 0 saturated carbocycles. The van der Waals surface area contributed by atoms with Gasteiger partial charge in [0.2, 0.25) is 5.91 Å². The fraction of sp³-hybridized carbons (Fsp3) is 0.364. The van der Waals surface area contributed by atoms with Crippen molar-refractivity contribution in [2.75, 3.05) is 11.5 Å². The number of benzene rings is 1. The number of amides is 1. The van der Waals surface area contributed by atoms with E-state index < -0.39 is 48.2 Å². The Hall–Kier alpha value is -1.59. The molecule has 1 amide bonds. The van der Waals surface area contributed by atoms with E-state index in [0.29, 0.717) is 12.1 Å². The molecule has 1 atom stereocenters. The van der Waals surface area contributed by atoms with Crippen LogP contribution in [0.2, 0.25) is 0 Å². The summed E-state index contributed by atoms with van der Waals surface area (Å²) in [6, 6.07) is 1.92. The second-order valence-electron chi connectivity index (χ2n) is 4.77. The third-order valence-corrected chi connectivity index (χ3v) is 6.13. The number of hydrogen-bond donors (Lipinski definition) is 2. The van der Waals surface area contributed by atoms with Crippen molar-refractivity contribution in [3.63, 3.8) is 0 Å². The van der Waals surface area contributed by atoms with Gasteiger partial charge in [0, 0.05) is 0 Å². The molecule has 1 aliphatic rings. The molecule has 2 N–H and O–H groups in total. The maximum Gasteiger partial charge on any atom is 0.257 e. The van der Waals surface area contributed by atoms with Crippen molar-refractivity contribution < 1.29 is 30.4 Å². The van der Waals surface area contributed by atoms with Crippen LogP contribution in [0.15, 0.2) is 23.1 Å². The molecule has 1 saturated heterocycles. The first-order valence-electron chi connectivity index (χ1n) is 6.08. The Kier molecular flexibility index (Phi) is 4.49. The molecule has 1 aromatic rings. The first-order valence-corrected chi connectivity index (χ1v) is 9.38. The van der Waals surface area contributed by atoms with Crippen molar-refractivity contribution in [1.82, 2.24) is 10.3 Å². The molecule has 0 bridgehead atoms. The standard InChI is InChI=1S/C11H12F2N2O5S2/c12-9-2-1-8(5-10(9)13)22(19,20)15-14-11(16)7-3-4-21(17,18)6-7/h1-2,5,7,15H,3-4,6H2,(H,14,16)/t7-/m0/s1. The molecule has 22 heavy (non-hydrogen) atoms. The van der Waals surface area contributed by atoms with Gasteiger partial charge in [-0.2, -0.15) is 0 Å². The summed E-state index contributed by atoms with van der Waals surface area (Å²) in [7, 11) is -7.58. The van der Waals surface area contributed by atoms with Gasteiger partial charge in [-0.15, -0.1) is 4.83 Å². The van der Waals surface area contributed by atoms with E-state index in [1.165, 1.54) is 0 Å². The second kappa shape index (κ2) is 5.89. The van der Waals surface area contributed by atoms with E-state index in [2.05, 4.69) is 0 Å². The van der Waals surface area contributed by atoms with Crippen molar-refractivity contribution in [2.45, 2.75) is 11.3 Å². The zero-order valence-electron chi connectivity index (χ0n) is 11.0. The smallest absolute Gasteiger partial charge is 0.257 e. The number of rotatable bonds is 4. The zero-order chi connectivity index (χ0) is 16.5. The van der Waals surface area contributed by atoms with E-state index >= 15 is 0 Å². The molecule has 2 rings (SSSR count). The summed E-state index contributed by atoms with van der Waals surface area (Å²) in [5, 5.41) is 0. The summed E-state index contributed by atoms with van der Waals surface area (Å²) in [6.45, 7) is 0. The van der Waals surface area contributed by atoms with Crippen molar-refractivity contribution in [2.24, 2.45) is 5.92 Å². The van der Waals surface area contributed by atoms with Crippen molar-refractivity contribution in [3.8, 4) is 0 Å². The van der Waals surface area contributed by atoms with Gasteiger partial charge < -0.3 is 0 Å². The Morgan fingerprint density at radius 2 is 1.91 bits per heavy atom. The van der Waals surface area contributed by atoms with E-state index in [1.54, 1.807) is 4.83 Å². The summed E-state index contributed by atoms with van der Waals surface area (Å²) in [4.78, 5) is 12.8. The lowest BCUT2D eigenvalue weighted by atomic mass is 10.1. The summed E-state index contributed by atoms with van der Waals surface area (Å²) in [6.07, 6.45) is 0.0983. The number of hydrogen-bond acceptors (Lipinski definition) is 5. The SMILES string of the molecule is O=C(NNS(=O)(=O)c1ccc(F)c(F)c1)[C@H]1CCS(=O)(=O)C1. The lowest BCUT2D eigenvalue weighted by molar-refractivity contribution is -0.124. The van der Waals surface area contributed by atoms with Crippen LogP contribution < -0.4 is 10.3 Å². The predicted molar refractivity (Wildman–Crippen MR) is 71.6 cm³/mol. The lowest BCUT2D eigenvalue weighted by Crippen LogP contribution is -2.44. The minimum atomic E-state index is -4.29. The molecule has 1 heterocycles. The highest BCUT2D eigenvalue weighted by atomic mass is 32.2. The van der Waals surface area contributed by atoms with E-state index in [1.807, 2.05) is 5.43 Å². The number of halogens is 2. The summed E-state index contributed by atoms with van der Waals surface area (Å²) in [5.41, 5.74) is 1.88. The van der Waals surface area contributed by atoms with Crippen LogP contribution in [0, 0.1) is 17.6 Å². The Balaban J connectivity index is 2.04. The van der Waals surface area contributed by atoms with E-state index in [-0.39, 0.29) is 17.9 Å². The fourth-order valence-corrected chi connectivity index (χ4v) is 4.52. The van der Waals surface area contributed by atoms with Crippen molar-refractivity contribution in [3.05, 3.63) is 29.8 Å². The Morgan fingerprint density at radius 1 is 1.23 bits per heavy atom. The average Bonchev–Trinajstić information content (AvgIpc) is 2.79. The topological polar surface area (TPSA) is 109 Å². The Labute approximate surface area is 125 Å². The molecule has 0 spiro atoms. The minimum absolute atomic E-state index is 0.0983. The molecule has 0 aromatic heterocycles. The van der Waals surface area contributed by atoms with Gasteiger partial charge in [-0.1, -0.05) is 0 Å². The number of sulfone groups is 1. The first-order chi connectivity index (χ1) is 10.1. The van der Waals surface area contributed by atoms with Gasteiger partial charge in [-0.25, -0.2) is 25.6 Å². The molecular formula is C11H12F2N2O5S2. The van der Waals surface area contributed by atoms with Gasteiger partial charge in [-0.05, 0) is 24.6 Å². The predicted octanol–water partition coefficient (Wildman–Crippen LogP) is -0.291. The van der Waals surface area contributed by atoms with Gasteiger partial charge in [0.05, 0.1) is 22.3 Å².